The van der Waals surface area contributed by atoms with Crippen molar-refractivity contribution in [3.8, 4) is 5.88 Å². The van der Waals surface area contributed by atoms with Crippen LogP contribution in [0.3, 0.4) is 0 Å². The number of carbonyl (C=O) groups excluding carboxylic acids is 1. The summed E-state index contributed by atoms with van der Waals surface area (Å²) in [5, 5.41) is 10.4. The molecule has 0 saturated carbocycles. The van der Waals surface area contributed by atoms with Crippen molar-refractivity contribution >= 4 is 34.1 Å². The summed E-state index contributed by atoms with van der Waals surface area (Å²) in [7, 11) is 1.38. The van der Waals surface area contributed by atoms with Crippen molar-refractivity contribution in [2.45, 2.75) is 45.3 Å². The highest BCUT2D eigenvalue weighted by Crippen LogP contribution is 2.31. The van der Waals surface area contributed by atoms with Crippen LogP contribution in [0.5, 0.6) is 5.88 Å². The molecule has 0 aliphatic carbocycles. The van der Waals surface area contributed by atoms with Crippen molar-refractivity contribution in [2.24, 2.45) is 11.5 Å². The number of hydrogen-bond donors (Lipinski definition) is 4. The molecule has 0 aliphatic heterocycles. The first-order valence-electron chi connectivity index (χ1n) is 10.3. The molecule has 1 aromatic carbocycles. The number of carbonyl (C=O) groups is 1. The van der Waals surface area contributed by atoms with Gasteiger partial charge in [-0.15, -0.1) is 5.10 Å². The average Bonchev–Trinajstić information content (AvgIpc) is 3.09. The highest BCUT2D eigenvalue weighted by atomic mass is 19.3. The summed E-state index contributed by atoms with van der Waals surface area (Å²) in [6, 6.07) is 5.23. The zero-order valence-electron chi connectivity index (χ0n) is 18.4. The molecule has 178 valence electrons. The molecule has 6 N–H and O–H groups in total. The van der Waals surface area contributed by atoms with E-state index in [-0.39, 0.29) is 35.2 Å². The maximum atomic E-state index is 14.6. The molecule has 1 amide bonds. The topological polar surface area (TPSA) is 133 Å². The van der Waals surface area contributed by atoms with Crippen LogP contribution in [-0.2, 0) is 6.54 Å². The lowest BCUT2D eigenvalue weighted by Gasteiger charge is -2.22. The highest BCUT2D eigenvalue weighted by molar-refractivity contribution is 5.99. The third-order valence-electron chi connectivity index (χ3n) is 5.12. The Morgan fingerprint density at radius 3 is 2.58 bits per heavy atom. The largest absolute Gasteiger partial charge is 0.479 e. The number of ether oxygens (including phenoxy) is 1. The number of methoxy groups -OCH3 is 1. The van der Waals surface area contributed by atoms with Gasteiger partial charge in [0.1, 0.15) is 12.4 Å². The van der Waals surface area contributed by atoms with Crippen LogP contribution in [0.4, 0.5) is 30.5 Å². The number of nitrogens with one attached hydrogen (secondary N) is 2. The third kappa shape index (κ3) is 5.28. The molecular weight excluding hydrogens is 439 g/mol. The van der Waals surface area contributed by atoms with E-state index in [1.165, 1.54) is 7.11 Å². The zero-order chi connectivity index (χ0) is 24.3. The zero-order valence-corrected chi connectivity index (χ0v) is 18.4. The third-order valence-corrected chi connectivity index (χ3v) is 5.12. The van der Waals surface area contributed by atoms with E-state index < -0.39 is 24.7 Å². The van der Waals surface area contributed by atoms with E-state index in [9.17, 15) is 18.0 Å². The number of amides is 1. The van der Waals surface area contributed by atoms with E-state index in [2.05, 4.69) is 20.7 Å². The molecule has 0 saturated heterocycles. The Morgan fingerprint density at radius 2 is 2.00 bits per heavy atom. The van der Waals surface area contributed by atoms with Crippen molar-refractivity contribution in [1.82, 2.24) is 14.8 Å². The minimum absolute atomic E-state index is 0.0178. The summed E-state index contributed by atoms with van der Waals surface area (Å²) in [6.45, 7) is 3.09. The molecule has 12 heteroatoms. The van der Waals surface area contributed by atoms with Gasteiger partial charge in [0.05, 0.1) is 23.6 Å². The second-order valence-corrected chi connectivity index (χ2v) is 7.54. The molecule has 2 heterocycles. The summed E-state index contributed by atoms with van der Waals surface area (Å²) in [5.74, 6) is -1.54. The molecule has 0 spiro atoms. The molecule has 0 aliphatic rings. The van der Waals surface area contributed by atoms with Gasteiger partial charge in [0.25, 0.3) is 12.3 Å². The molecule has 2 atom stereocenters. The fraction of sp³-hybridized carbons (Fsp3) is 0.381. The number of rotatable bonds is 10. The quantitative estimate of drug-likeness (QED) is 0.361. The Balaban J connectivity index is 2.02. The molecular formula is C21H26F3N7O2. The number of primary amides is 1. The maximum Gasteiger partial charge on any atom is 0.257 e. The van der Waals surface area contributed by atoms with Gasteiger partial charge in [-0.1, -0.05) is 6.92 Å². The number of pyridine rings is 1. The Kier molecular flexibility index (Phi) is 7.26. The molecule has 33 heavy (non-hydrogen) atoms. The number of anilines is 3. The van der Waals surface area contributed by atoms with Gasteiger partial charge < -0.3 is 26.8 Å². The second-order valence-electron chi connectivity index (χ2n) is 7.54. The lowest BCUT2D eigenvalue weighted by atomic mass is 10.1. The lowest BCUT2D eigenvalue weighted by molar-refractivity contribution is 0.1000. The van der Waals surface area contributed by atoms with Crippen LogP contribution >= 0.6 is 0 Å². The van der Waals surface area contributed by atoms with Crippen LogP contribution in [0.1, 0.15) is 30.6 Å². The maximum absolute atomic E-state index is 14.6. The van der Waals surface area contributed by atoms with E-state index in [0.717, 1.165) is 10.7 Å². The minimum atomic E-state index is -2.59. The molecule has 0 radical (unpaired) electrons. The number of aromatic nitrogens is 3. The first kappa shape index (κ1) is 24.1. The van der Waals surface area contributed by atoms with Gasteiger partial charge in [0, 0.05) is 17.8 Å². The van der Waals surface area contributed by atoms with Crippen molar-refractivity contribution in [3.63, 3.8) is 0 Å². The van der Waals surface area contributed by atoms with E-state index in [4.69, 9.17) is 16.2 Å². The van der Waals surface area contributed by atoms with Crippen molar-refractivity contribution in [1.29, 1.82) is 0 Å². The van der Waals surface area contributed by atoms with Crippen LogP contribution in [0.25, 0.3) is 10.9 Å². The van der Waals surface area contributed by atoms with E-state index >= 15 is 0 Å². The van der Waals surface area contributed by atoms with Crippen LogP contribution in [0, 0.1) is 5.82 Å². The molecule has 0 bridgehead atoms. The van der Waals surface area contributed by atoms with Crippen LogP contribution in [0.2, 0.25) is 0 Å². The molecule has 9 nitrogen and oxygen atoms in total. The predicted octanol–water partition coefficient (Wildman–Crippen LogP) is 3.22. The van der Waals surface area contributed by atoms with Crippen LogP contribution < -0.4 is 26.8 Å². The summed E-state index contributed by atoms with van der Waals surface area (Å²) < 4.78 is 46.7. The standard InChI is InChI=1S/C21H26F3N7O2/c1-4-15(10(2)25)28-20-14(22)8-13(18(26)32)19(29-20)27-11-5-6-16-12(7-11)21(33-3)30-31(16)9-17(23)24/h5-8,10,15,17H,4,9,25H2,1-3H3,(H2,26,32)(H2,27,28,29)/t10-,15+/m0/s1. The number of hydrogen-bond acceptors (Lipinski definition) is 7. The molecule has 3 aromatic rings. The number of nitrogens with zero attached hydrogens (tertiary/aromatic N) is 3. The fourth-order valence-corrected chi connectivity index (χ4v) is 3.44. The van der Waals surface area contributed by atoms with Gasteiger partial charge in [-0.3, -0.25) is 9.48 Å². The Bertz CT molecular complexity index is 1150. The van der Waals surface area contributed by atoms with Gasteiger partial charge in [-0.25, -0.2) is 18.2 Å². The summed E-state index contributed by atoms with van der Waals surface area (Å²) in [4.78, 5) is 16.1. The van der Waals surface area contributed by atoms with Crippen molar-refractivity contribution in [3.05, 3.63) is 35.6 Å². The molecule has 3 rings (SSSR count). The number of alkyl halides is 2. The summed E-state index contributed by atoms with van der Waals surface area (Å²) in [6.07, 6.45) is -1.97. The Labute approximate surface area is 188 Å². The number of fused-ring (bicyclic) bond motifs is 1. The highest BCUT2D eigenvalue weighted by Gasteiger charge is 2.20. The minimum Gasteiger partial charge on any atom is -0.479 e. The van der Waals surface area contributed by atoms with E-state index in [1.54, 1.807) is 25.1 Å². The normalized spacial score (nSPS) is 13.2. The Hall–Kier alpha value is -3.54. The number of halogens is 3. The van der Waals surface area contributed by atoms with E-state index in [0.29, 0.717) is 23.0 Å². The Morgan fingerprint density at radius 1 is 1.27 bits per heavy atom. The van der Waals surface area contributed by atoms with Crippen LogP contribution in [-0.4, -0.2) is 46.3 Å². The molecule has 2 aromatic heterocycles. The van der Waals surface area contributed by atoms with Gasteiger partial charge in [0.15, 0.2) is 11.6 Å². The molecule has 0 unspecified atom stereocenters. The molecule has 0 fully saturated rings. The summed E-state index contributed by atoms with van der Waals surface area (Å²) in [5.41, 5.74) is 12.1. The monoisotopic (exact) mass is 465 g/mol. The van der Waals surface area contributed by atoms with Gasteiger partial charge in [0.2, 0.25) is 5.88 Å². The van der Waals surface area contributed by atoms with Gasteiger partial charge in [-0.05, 0) is 37.6 Å². The van der Waals surface area contributed by atoms with Gasteiger partial charge in [-0.2, -0.15) is 0 Å². The van der Waals surface area contributed by atoms with Crippen molar-refractivity contribution in [2.75, 3.05) is 17.7 Å². The van der Waals surface area contributed by atoms with Crippen LogP contribution in [0.15, 0.2) is 24.3 Å². The van der Waals surface area contributed by atoms with Crippen molar-refractivity contribution < 1.29 is 22.7 Å². The number of nitrogens with two attached hydrogens (primary N) is 2. The predicted molar refractivity (Wildman–Crippen MR) is 120 cm³/mol. The lowest BCUT2D eigenvalue weighted by Crippen LogP contribution is -2.38. The first-order valence-corrected chi connectivity index (χ1v) is 10.3. The smallest absolute Gasteiger partial charge is 0.257 e. The fourth-order valence-electron chi connectivity index (χ4n) is 3.44. The second kappa shape index (κ2) is 9.94. The van der Waals surface area contributed by atoms with Gasteiger partial charge >= 0.3 is 0 Å². The van der Waals surface area contributed by atoms with E-state index in [1.807, 2.05) is 6.92 Å². The SMILES string of the molecule is CC[C@@H](Nc1nc(Nc2ccc3c(c2)c(OC)nn3CC(F)F)c(C(N)=O)cc1F)[C@H](C)N. The first-order chi connectivity index (χ1) is 15.6. The summed E-state index contributed by atoms with van der Waals surface area (Å²) >= 11 is 0. The average molecular weight is 465 g/mol. The number of benzene rings is 1.